The Morgan fingerprint density at radius 3 is 3.07 bits per heavy atom. The molecule has 0 radical (unpaired) electrons. The van der Waals surface area contributed by atoms with Crippen LogP contribution in [-0.2, 0) is 0 Å². The summed E-state index contributed by atoms with van der Waals surface area (Å²) >= 11 is 0. The number of nitrogens with one attached hydrogen (secondary N) is 2. The third-order valence-corrected chi connectivity index (χ3v) is 2.08. The van der Waals surface area contributed by atoms with Crippen molar-refractivity contribution in [1.29, 1.82) is 5.41 Å². The van der Waals surface area contributed by atoms with E-state index in [0.717, 1.165) is 22.9 Å². The van der Waals surface area contributed by atoms with Crippen LogP contribution in [0.5, 0.6) is 5.75 Å². The molecule has 0 fully saturated rings. The minimum atomic E-state index is 0.557. The fraction of sp³-hybridized carbons (Fsp3) is 0.100. The van der Waals surface area contributed by atoms with Crippen molar-refractivity contribution in [3.63, 3.8) is 0 Å². The van der Waals surface area contributed by atoms with Gasteiger partial charge in [0.1, 0.15) is 5.75 Å². The summed E-state index contributed by atoms with van der Waals surface area (Å²) in [5.74, 6) is 1.31. The maximum absolute atomic E-state index is 6.98. The summed E-state index contributed by atoms with van der Waals surface area (Å²) in [5.41, 5.74) is 0. The number of anilines is 1. The lowest BCUT2D eigenvalue weighted by atomic mass is 10.2. The number of aromatic nitrogens is 2. The summed E-state index contributed by atoms with van der Waals surface area (Å²) in [6.45, 7) is 0. The van der Waals surface area contributed by atoms with Crippen molar-refractivity contribution in [3.8, 4) is 5.75 Å². The fourth-order valence-electron chi connectivity index (χ4n) is 1.36. The summed E-state index contributed by atoms with van der Waals surface area (Å²) in [4.78, 5) is 0. The van der Waals surface area contributed by atoms with E-state index in [1.165, 1.54) is 0 Å². The molecule has 2 rings (SSSR count). The lowest BCUT2D eigenvalue weighted by Gasteiger charge is -2.05. The lowest BCUT2D eigenvalue weighted by Crippen LogP contribution is -1.98. The van der Waals surface area contributed by atoms with Gasteiger partial charge in [0.05, 0.1) is 19.6 Å². The highest BCUT2D eigenvalue weighted by Gasteiger charge is 2.03. The third-order valence-electron chi connectivity index (χ3n) is 2.08. The summed E-state index contributed by atoms with van der Waals surface area (Å²) in [5, 5.41) is 19.3. The van der Waals surface area contributed by atoms with Crippen molar-refractivity contribution in [2.45, 2.75) is 0 Å². The highest BCUT2D eigenvalue weighted by atomic mass is 16.5. The maximum Gasteiger partial charge on any atom is 0.161 e. The first kappa shape index (κ1) is 9.39. The molecule has 0 saturated carbocycles. The van der Waals surface area contributed by atoms with Crippen molar-refractivity contribution in [3.05, 3.63) is 24.4 Å². The molecule has 5 heteroatoms. The van der Waals surface area contributed by atoms with Crippen molar-refractivity contribution in [2.24, 2.45) is 0 Å². The predicted molar refractivity (Wildman–Crippen MR) is 58.5 cm³/mol. The molecule has 0 spiro atoms. The van der Waals surface area contributed by atoms with E-state index in [2.05, 4.69) is 15.5 Å². The Morgan fingerprint density at radius 1 is 1.47 bits per heavy atom. The van der Waals surface area contributed by atoms with E-state index < -0.39 is 0 Å². The van der Waals surface area contributed by atoms with Gasteiger partial charge in [-0.25, -0.2) is 0 Å². The van der Waals surface area contributed by atoms with Crippen LogP contribution in [0.4, 0.5) is 5.82 Å². The van der Waals surface area contributed by atoms with Crippen LogP contribution >= 0.6 is 0 Å². The van der Waals surface area contributed by atoms with Crippen LogP contribution in [0, 0.1) is 5.41 Å². The van der Waals surface area contributed by atoms with E-state index in [0.29, 0.717) is 5.82 Å². The second-order valence-corrected chi connectivity index (χ2v) is 2.94. The summed E-state index contributed by atoms with van der Waals surface area (Å²) in [7, 11) is 1.61. The average molecular weight is 202 g/mol. The van der Waals surface area contributed by atoms with Crippen LogP contribution < -0.4 is 10.1 Å². The fourth-order valence-corrected chi connectivity index (χ4v) is 1.36. The Labute approximate surface area is 86.6 Å². The van der Waals surface area contributed by atoms with Gasteiger partial charge in [0.2, 0.25) is 0 Å². The molecular formula is C10H10N4O. The second-order valence-electron chi connectivity index (χ2n) is 2.94. The summed E-state index contributed by atoms with van der Waals surface area (Å²) < 4.78 is 5.12. The van der Waals surface area contributed by atoms with E-state index >= 15 is 0 Å². The number of fused-ring (bicyclic) bond motifs is 1. The van der Waals surface area contributed by atoms with Crippen LogP contribution in [0.25, 0.3) is 10.8 Å². The molecule has 0 unspecified atom stereocenters. The zero-order valence-electron chi connectivity index (χ0n) is 8.19. The molecule has 0 aliphatic carbocycles. The molecule has 2 aromatic rings. The SMILES string of the molecule is COc1ccc2cnnc(NC=N)c2c1. The van der Waals surface area contributed by atoms with Crippen LogP contribution in [-0.4, -0.2) is 23.6 Å². The largest absolute Gasteiger partial charge is 0.497 e. The van der Waals surface area contributed by atoms with Crippen LogP contribution in [0.15, 0.2) is 24.4 Å². The number of methoxy groups -OCH3 is 1. The predicted octanol–water partition coefficient (Wildman–Crippen LogP) is 1.66. The monoisotopic (exact) mass is 202 g/mol. The number of hydrogen-bond acceptors (Lipinski definition) is 4. The number of ether oxygens (including phenoxy) is 1. The second kappa shape index (κ2) is 3.91. The molecule has 1 aromatic heterocycles. The highest BCUT2D eigenvalue weighted by molar-refractivity contribution is 5.95. The van der Waals surface area contributed by atoms with Crippen molar-refractivity contribution >= 4 is 22.9 Å². The molecule has 0 amide bonds. The molecule has 0 bridgehead atoms. The van der Waals surface area contributed by atoms with Gasteiger partial charge in [0.25, 0.3) is 0 Å². The first-order chi connectivity index (χ1) is 7.35. The molecule has 0 atom stereocenters. The van der Waals surface area contributed by atoms with Gasteiger partial charge in [-0.3, -0.25) is 5.41 Å². The first-order valence-corrected chi connectivity index (χ1v) is 4.40. The number of rotatable bonds is 3. The molecule has 0 aliphatic rings. The van der Waals surface area contributed by atoms with Gasteiger partial charge in [-0.05, 0) is 18.2 Å². The van der Waals surface area contributed by atoms with Crippen molar-refractivity contribution < 1.29 is 4.74 Å². The van der Waals surface area contributed by atoms with Gasteiger partial charge in [0.15, 0.2) is 5.82 Å². The minimum absolute atomic E-state index is 0.557. The minimum Gasteiger partial charge on any atom is -0.497 e. The Morgan fingerprint density at radius 2 is 2.33 bits per heavy atom. The third kappa shape index (κ3) is 1.71. The molecule has 0 aliphatic heterocycles. The van der Waals surface area contributed by atoms with Gasteiger partial charge >= 0.3 is 0 Å². The number of hydrogen-bond donors (Lipinski definition) is 2. The van der Waals surface area contributed by atoms with Crippen LogP contribution in [0.2, 0.25) is 0 Å². The van der Waals surface area contributed by atoms with E-state index in [1.54, 1.807) is 13.3 Å². The van der Waals surface area contributed by atoms with Gasteiger partial charge in [-0.2, -0.15) is 5.10 Å². The van der Waals surface area contributed by atoms with E-state index in [1.807, 2.05) is 18.2 Å². The smallest absolute Gasteiger partial charge is 0.161 e. The standard InChI is InChI=1S/C10H10N4O/c1-15-8-3-2-7-5-13-14-10(12-6-11)9(7)4-8/h2-6H,1H3,(H2,11,12,14). The molecule has 76 valence electrons. The van der Waals surface area contributed by atoms with Gasteiger partial charge in [-0.15, -0.1) is 5.10 Å². The summed E-state index contributed by atoms with van der Waals surface area (Å²) in [6, 6.07) is 5.62. The Balaban J connectivity index is 2.64. The van der Waals surface area contributed by atoms with Crippen molar-refractivity contribution in [2.75, 3.05) is 12.4 Å². The highest BCUT2D eigenvalue weighted by Crippen LogP contribution is 2.24. The molecule has 1 heterocycles. The number of nitrogens with zero attached hydrogens (tertiary/aromatic N) is 2. The maximum atomic E-state index is 6.98. The van der Waals surface area contributed by atoms with Crippen LogP contribution in [0.1, 0.15) is 0 Å². The van der Waals surface area contributed by atoms with Gasteiger partial charge < -0.3 is 10.1 Å². The molecule has 1 aromatic carbocycles. The zero-order valence-corrected chi connectivity index (χ0v) is 8.19. The van der Waals surface area contributed by atoms with Crippen LogP contribution in [0.3, 0.4) is 0 Å². The topological polar surface area (TPSA) is 70.9 Å². The molecule has 5 nitrogen and oxygen atoms in total. The van der Waals surface area contributed by atoms with Gasteiger partial charge in [-0.1, -0.05) is 0 Å². The normalized spacial score (nSPS) is 9.93. The van der Waals surface area contributed by atoms with E-state index in [9.17, 15) is 0 Å². The van der Waals surface area contributed by atoms with Gasteiger partial charge in [0, 0.05) is 10.8 Å². The molecule has 2 N–H and O–H groups in total. The number of benzene rings is 1. The molecule has 15 heavy (non-hydrogen) atoms. The Hall–Kier alpha value is -2.17. The Kier molecular flexibility index (Phi) is 2.45. The van der Waals surface area contributed by atoms with Crippen molar-refractivity contribution in [1.82, 2.24) is 10.2 Å². The lowest BCUT2D eigenvalue weighted by molar-refractivity contribution is 0.415. The quantitative estimate of drug-likeness (QED) is 0.586. The molecular weight excluding hydrogens is 192 g/mol. The summed E-state index contributed by atoms with van der Waals surface area (Å²) in [6.07, 6.45) is 2.74. The Bertz CT molecular complexity index is 498. The zero-order chi connectivity index (χ0) is 10.7. The average Bonchev–Trinajstić information content (AvgIpc) is 2.29. The first-order valence-electron chi connectivity index (χ1n) is 4.40. The molecule has 0 saturated heterocycles. The van der Waals surface area contributed by atoms with E-state index in [-0.39, 0.29) is 0 Å². The van der Waals surface area contributed by atoms with E-state index in [4.69, 9.17) is 10.1 Å².